The lowest BCUT2D eigenvalue weighted by molar-refractivity contribution is 0.0901. The smallest absolute Gasteiger partial charge is 0.243 e. The van der Waals surface area contributed by atoms with E-state index in [0.717, 1.165) is 17.1 Å². The Balaban J connectivity index is 1.24. The van der Waals surface area contributed by atoms with Crippen LogP contribution in [0.3, 0.4) is 0 Å². The Bertz CT molecular complexity index is 1330. The van der Waals surface area contributed by atoms with E-state index in [4.69, 9.17) is 9.47 Å². The molecule has 3 heterocycles. The number of carbonyl (C=O) groups excluding carboxylic acids is 1. The first-order valence-electron chi connectivity index (χ1n) is 11.2. The van der Waals surface area contributed by atoms with Gasteiger partial charge >= 0.3 is 0 Å². The van der Waals surface area contributed by atoms with Crippen LogP contribution in [0.4, 0.5) is 0 Å². The van der Waals surface area contributed by atoms with E-state index in [0.29, 0.717) is 43.2 Å². The third-order valence-electron chi connectivity index (χ3n) is 6.43. The molecule has 0 radical (unpaired) electrons. The van der Waals surface area contributed by atoms with E-state index in [1.807, 2.05) is 55.1 Å². The molecule has 2 aliphatic heterocycles. The van der Waals surface area contributed by atoms with E-state index in [-0.39, 0.29) is 24.0 Å². The van der Waals surface area contributed by atoms with Crippen molar-refractivity contribution in [2.24, 2.45) is 0 Å². The molecule has 0 atom stereocenters. The number of Topliss-reactive ketones (excluding diaryl/α,β-unsaturated/α-hetero) is 1. The summed E-state index contributed by atoms with van der Waals surface area (Å²) >= 11 is 0. The molecule has 8 nitrogen and oxygen atoms in total. The minimum Gasteiger partial charge on any atom is -0.454 e. The van der Waals surface area contributed by atoms with Gasteiger partial charge in [-0.3, -0.25) is 9.69 Å². The zero-order chi connectivity index (χ0) is 23.9. The molecule has 0 unspecified atom stereocenters. The summed E-state index contributed by atoms with van der Waals surface area (Å²) in [5, 5.41) is 0. The molecule has 0 aliphatic carbocycles. The number of fused-ring (bicyclic) bond motifs is 1. The fourth-order valence-electron chi connectivity index (χ4n) is 4.62. The number of rotatable bonds is 6. The van der Waals surface area contributed by atoms with E-state index in [1.54, 1.807) is 12.1 Å². The molecule has 0 spiro atoms. The van der Waals surface area contributed by atoms with E-state index in [1.165, 1.54) is 10.4 Å². The van der Waals surface area contributed by atoms with Gasteiger partial charge < -0.3 is 14.0 Å². The number of aryl methyl sites for hydroxylation is 1. The molecule has 2 aliphatic rings. The van der Waals surface area contributed by atoms with Crippen molar-refractivity contribution in [3.8, 4) is 17.2 Å². The number of piperazine rings is 1. The van der Waals surface area contributed by atoms with Gasteiger partial charge in [-0.05, 0) is 44.2 Å². The van der Waals surface area contributed by atoms with E-state index in [2.05, 4.69) is 4.57 Å². The highest BCUT2D eigenvalue weighted by Gasteiger charge is 2.31. The molecule has 0 bridgehead atoms. The van der Waals surface area contributed by atoms with Crippen LogP contribution in [0.2, 0.25) is 0 Å². The fraction of sp³-hybridized carbons (Fsp3) is 0.320. The Kier molecular flexibility index (Phi) is 5.93. The predicted molar refractivity (Wildman–Crippen MR) is 127 cm³/mol. The molecule has 178 valence electrons. The minimum absolute atomic E-state index is 0.0439. The molecule has 5 rings (SSSR count). The lowest BCUT2D eigenvalue weighted by Crippen LogP contribution is -2.49. The number of sulfonamides is 1. The van der Waals surface area contributed by atoms with Crippen molar-refractivity contribution in [1.82, 2.24) is 13.8 Å². The summed E-state index contributed by atoms with van der Waals surface area (Å²) in [4.78, 5) is 15.3. The summed E-state index contributed by atoms with van der Waals surface area (Å²) in [7, 11) is -3.64. The van der Waals surface area contributed by atoms with Crippen molar-refractivity contribution in [3.05, 3.63) is 71.5 Å². The first kappa shape index (κ1) is 22.6. The van der Waals surface area contributed by atoms with Gasteiger partial charge in [-0.25, -0.2) is 8.42 Å². The third kappa shape index (κ3) is 4.11. The van der Waals surface area contributed by atoms with Gasteiger partial charge in [-0.15, -0.1) is 0 Å². The fourth-order valence-corrected chi connectivity index (χ4v) is 6.06. The lowest BCUT2D eigenvalue weighted by Gasteiger charge is -2.33. The van der Waals surface area contributed by atoms with Crippen LogP contribution in [0.5, 0.6) is 11.5 Å². The normalized spacial score (nSPS) is 16.6. The number of hydrogen-bond acceptors (Lipinski definition) is 6. The summed E-state index contributed by atoms with van der Waals surface area (Å²) < 4.78 is 40.3. The predicted octanol–water partition coefficient (Wildman–Crippen LogP) is 3.01. The van der Waals surface area contributed by atoms with Crippen LogP contribution in [0.25, 0.3) is 5.69 Å². The molecule has 2 aromatic carbocycles. The second-order valence-electron chi connectivity index (χ2n) is 8.57. The molecular weight excluding hydrogens is 454 g/mol. The zero-order valence-electron chi connectivity index (χ0n) is 19.2. The van der Waals surface area contributed by atoms with Gasteiger partial charge in [0.05, 0.1) is 11.4 Å². The molecule has 3 aromatic rings. The van der Waals surface area contributed by atoms with Crippen molar-refractivity contribution >= 4 is 15.8 Å². The number of ether oxygens (including phenoxy) is 2. The van der Waals surface area contributed by atoms with Gasteiger partial charge in [-0.2, -0.15) is 4.31 Å². The van der Waals surface area contributed by atoms with Gasteiger partial charge in [0.2, 0.25) is 16.8 Å². The second-order valence-corrected chi connectivity index (χ2v) is 10.5. The summed E-state index contributed by atoms with van der Waals surface area (Å²) in [6.45, 7) is 5.95. The SMILES string of the molecule is Cc1cc(C(=O)CN2CCN(S(=O)(=O)c3ccc4c(c3)OCO4)CC2)c(C)n1-c1ccccc1. The molecule has 0 N–H and O–H groups in total. The summed E-state index contributed by atoms with van der Waals surface area (Å²) in [6, 6.07) is 16.6. The highest BCUT2D eigenvalue weighted by atomic mass is 32.2. The van der Waals surface area contributed by atoms with Crippen LogP contribution in [0.15, 0.2) is 59.5 Å². The Morgan fingerprint density at radius 3 is 2.35 bits per heavy atom. The average molecular weight is 482 g/mol. The number of benzene rings is 2. The van der Waals surface area contributed by atoms with Crippen LogP contribution in [-0.4, -0.2) is 67.5 Å². The molecule has 0 amide bonds. The molecule has 1 saturated heterocycles. The number of hydrogen-bond donors (Lipinski definition) is 0. The van der Waals surface area contributed by atoms with Crippen molar-refractivity contribution in [2.45, 2.75) is 18.7 Å². The third-order valence-corrected chi connectivity index (χ3v) is 8.32. The van der Waals surface area contributed by atoms with Crippen molar-refractivity contribution < 1.29 is 22.7 Å². The number of para-hydroxylation sites is 1. The van der Waals surface area contributed by atoms with Crippen LogP contribution in [0.1, 0.15) is 21.7 Å². The maximum absolute atomic E-state index is 13.1. The number of nitrogens with zero attached hydrogens (tertiary/aromatic N) is 3. The standard InChI is InChI=1S/C25H27N3O5S/c1-18-14-22(19(2)28(18)20-6-4-3-5-7-20)23(29)16-26-10-12-27(13-11-26)34(30,31)21-8-9-24-25(15-21)33-17-32-24/h3-9,14-15H,10-13,16-17H2,1-2H3. The number of ketones is 1. The second kappa shape index (κ2) is 8.90. The van der Waals surface area contributed by atoms with Gasteiger partial charge in [0.25, 0.3) is 0 Å². The van der Waals surface area contributed by atoms with Crippen molar-refractivity contribution in [2.75, 3.05) is 39.5 Å². The summed E-state index contributed by atoms with van der Waals surface area (Å²) in [5.74, 6) is 1.04. The first-order chi connectivity index (χ1) is 16.3. The van der Waals surface area contributed by atoms with Gasteiger partial charge in [0.1, 0.15) is 0 Å². The molecule has 0 saturated carbocycles. The van der Waals surface area contributed by atoms with Crippen LogP contribution in [-0.2, 0) is 10.0 Å². The van der Waals surface area contributed by atoms with Crippen LogP contribution >= 0.6 is 0 Å². The van der Waals surface area contributed by atoms with Crippen LogP contribution < -0.4 is 9.47 Å². The maximum atomic E-state index is 13.1. The van der Waals surface area contributed by atoms with Crippen molar-refractivity contribution in [3.63, 3.8) is 0 Å². The van der Waals surface area contributed by atoms with Gasteiger partial charge in [0, 0.05) is 54.9 Å². The highest BCUT2D eigenvalue weighted by Crippen LogP contribution is 2.34. The largest absolute Gasteiger partial charge is 0.454 e. The molecule has 1 fully saturated rings. The molecular formula is C25H27N3O5S. The van der Waals surface area contributed by atoms with Gasteiger partial charge in [0.15, 0.2) is 17.3 Å². The van der Waals surface area contributed by atoms with E-state index < -0.39 is 10.0 Å². The topological polar surface area (TPSA) is 81.1 Å². The van der Waals surface area contributed by atoms with E-state index in [9.17, 15) is 13.2 Å². The maximum Gasteiger partial charge on any atom is 0.243 e. The van der Waals surface area contributed by atoms with Gasteiger partial charge in [-0.1, -0.05) is 18.2 Å². The minimum atomic E-state index is -3.64. The molecule has 9 heteroatoms. The average Bonchev–Trinajstić information content (AvgIpc) is 3.43. The Morgan fingerprint density at radius 2 is 1.62 bits per heavy atom. The summed E-state index contributed by atoms with van der Waals surface area (Å²) in [5.41, 5.74) is 3.65. The Labute approximate surface area is 199 Å². The number of carbonyl (C=O) groups is 1. The van der Waals surface area contributed by atoms with Crippen LogP contribution in [0, 0.1) is 13.8 Å². The highest BCUT2D eigenvalue weighted by molar-refractivity contribution is 7.89. The van der Waals surface area contributed by atoms with Crippen molar-refractivity contribution in [1.29, 1.82) is 0 Å². The lowest BCUT2D eigenvalue weighted by atomic mass is 10.1. The zero-order valence-corrected chi connectivity index (χ0v) is 20.0. The number of aromatic nitrogens is 1. The monoisotopic (exact) mass is 481 g/mol. The first-order valence-corrected chi connectivity index (χ1v) is 12.7. The Morgan fingerprint density at radius 1 is 0.912 bits per heavy atom. The molecule has 34 heavy (non-hydrogen) atoms. The molecule has 1 aromatic heterocycles. The van der Waals surface area contributed by atoms with E-state index >= 15 is 0 Å². The summed E-state index contributed by atoms with van der Waals surface area (Å²) in [6.07, 6.45) is 0. The Hall–Kier alpha value is -3.14. The quantitative estimate of drug-likeness (QED) is 0.504.